The van der Waals surface area contributed by atoms with Crippen molar-refractivity contribution in [2.24, 2.45) is 0 Å². The first-order valence-electron chi connectivity index (χ1n) is 9.89. The summed E-state index contributed by atoms with van der Waals surface area (Å²) in [6, 6.07) is 10.2. The zero-order valence-electron chi connectivity index (χ0n) is 16.7. The minimum atomic E-state index is -0.677. The smallest absolute Gasteiger partial charge is 0.253 e. The maximum atomic E-state index is 13.8. The monoisotopic (exact) mass is 414 g/mol. The molecule has 30 heavy (non-hydrogen) atoms. The van der Waals surface area contributed by atoms with Crippen molar-refractivity contribution in [3.63, 3.8) is 0 Å². The van der Waals surface area contributed by atoms with Crippen LogP contribution in [0, 0.1) is 11.6 Å². The third kappa shape index (κ3) is 5.10. The topological polar surface area (TPSA) is 71.5 Å². The Labute approximate surface area is 173 Å². The van der Waals surface area contributed by atoms with Crippen LogP contribution in [0.1, 0.15) is 42.1 Å². The lowest BCUT2D eigenvalue weighted by molar-refractivity contribution is 0.0912. The number of fused-ring (bicyclic) bond motifs is 1. The molecule has 0 unspecified atom stereocenters. The van der Waals surface area contributed by atoms with Gasteiger partial charge in [-0.15, -0.1) is 0 Å². The predicted octanol–water partition coefficient (Wildman–Crippen LogP) is 4.37. The Morgan fingerprint density at radius 1 is 1.20 bits per heavy atom. The maximum Gasteiger partial charge on any atom is 0.253 e. The molecule has 0 aliphatic carbocycles. The van der Waals surface area contributed by atoms with Crippen molar-refractivity contribution in [1.82, 2.24) is 10.3 Å². The fraction of sp³-hybridized carbons (Fsp3) is 0.304. The molecule has 5 nitrogen and oxygen atoms in total. The highest BCUT2D eigenvalue weighted by atomic mass is 19.1. The molecule has 0 radical (unpaired) electrons. The van der Waals surface area contributed by atoms with E-state index < -0.39 is 11.6 Å². The summed E-state index contributed by atoms with van der Waals surface area (Å²) in [4.78, 5) is 16.8. The summed E-state index contributed by atoms with van der Waals surface area (Å²) in [5.41, 5.74) is 0.679. The van der Waals surface area contributed by atoms with Crippen molar-refractivity contribution in [2.75, 3.05) is 6.61 Å². The highest BCUT2D eigenvalue weighted by molar-refractivity contribution is 5.98. The molecule has 1 atom stereocenters. The average molecular weight is 414 g/mol. The molecule has 7 heteroatoms. The van der Waals surface area contributed by atoms with Crippen LogP contribution in [0.4, 0.5) is 8.78 Å². The number of carbonyl (C=O) groups is 1. The zero-order chi connectivity index (χ0) is 21.5. The molecule has 0 aliphatic heterocycles. The van der Waals surface area contributed by atoms with E-state index in [0.717, 1.165) is 12.8 Å². The molecule has 0 aliphatic rings. The molecule has 3 rings (SSSR count). The van der Waals surface area contributed by atoms with E-state index in [4.69, 9.17) is 4.74 Å². The average Bonchev–Trinajstić information content (AvgIpc) is 2.75. The molecule has 2 N–H and O–H groups in total. The number of rotatable bonds is 9. The summed E-state index contributed by atoms with van der Waals surface area (Å²) in [7, 11) is 0. The summed E-state index contributed by atoms with van der Waals surface area (Å²) in [6.07, 6.45) is 4.00. The third-order valence-electron chi connectivity index (χ3n) is 4.83. The van der Waals surface area contributed by atoms with E-state index in [0.29, 0.717) is 28.6 Å². The number of carbonyl (C=O) groups excluding carboxylic acids is 1. The van der Waals surface area contributed by atoms with Gasteiger partial charge in [0.1, 0.15) is 29.5 Å². The second-order valence-electron chi connectivity index (χ2n) is 7.04. The van der Waals surface area contributed by atoms with E-state index in [1.165, 1.54) is 24.4 Å². The Balaban J connectivity index is 1.77. The van der Waals surface area contributed by atoms with Crippen molar-refractivity contribution in [3.05, 3.63) is 71.4 Å². The van der Waals surface area contributed by atoms with Gasteiger partial charge in [0.2, 0.25) is 0 Å². The van der Waals surface area contributed by atoms with E-state index in [2.05, 4.69) is 10.3 Å². The van der Waals surface area contributed by atoms with Crippen molar-refractivity contribution < 1.29 is 23.4 Å². The normalized spacial score (nSPS) is 12.0. The molecule has 0 saturated carbocycles. The Bertz CT molecular complexity index is 1010. The first kappa shape index (κ1) is 21.6. The second-order valence-corrected chi connectivity index (χ2v) is 7.04. The minimum absolute atomic E-state index is 0.128. The van der Waals surface area contributed by atoms with Crippen molar-refractivity contribution in [3.8, 4) is 5.75 Å². The molecule has 3 aromatic rings. The van der Waals surface area contributed by atoms with Gasteiger partial charge in [-0.25, -0.2) is 8.78 Å². The van der Waals surface area contributed by atoms with Crippen LogP contribution in [0.5, 0.6) is 5.75 Å². The van der Waals surface area contributed by atoms with Crippen LogP contribution in [0.3, 0.4) is 0 Å². The Morgan fingerprint density at radius 2 is 1.93 bits per heavy atom. The number of hydrogen-bond donors (Lipinski definition) is 2. The number of aliphatic hydroxyl groups is 1. The number of ether oxygens (including phenoxy) is 1. The van der Waals surface area contributed by atoms with Crippen LogP contribution in [-0.2, 0) is 6.61 Å². The summed E-state index contributed by atoms with van der Waals surface area (Å²) in [5.74, 6) is -1.31. The standard InChI is InChI=1S/C23H24F2N2O3/c1-2-3-7-17(13-28)27-23(29)16-11-15-6-4-10-21(22(15)26-12-16)30-14-18-19(24)8-5-9-20(18)25/h4-6,8-12,17,28H,2-3,7,13-14H2,1H3,(H,27,29)/t17-/m1/s1. The Morgan fingerprint density at radius 3 is 2.63 bits per heavy atom. The quantitative estimate of drug-likeness (QED) is 0.545. The van der Waals surface area contributed by atoms with Gasteiger partial charge in [-0.2, -0.15) is 0 Å². The van der Waals surface area contributed by atoms with E-state index in [-0.39, 0.29) is 30.7 Å². The summed E-state index contributed by atoms with van der Waals surface area (Å²) >= 11 is 0. The lowest BCUT2D eigenvalue weighted by atomic mass is 10.1. The molecule has 1 aromatic heterocycles. The molecule has 158 valence electrons. The minimum Gasteiger partial charge on any atom is -0.486 e. The number of nitrogens with one attached hydrogen (secondary N) is 1. The van der Waals surface area contributed by atoms with Gasteiger partial charge in [0, 0.05) is 11.6 Å². The largest absolute Gasteiger partial charge is 0.486 e. The van der Waals surface area contributed by atoms with E-state index in [1.54, 1.807) is 24.3 Å². The molecule has 1 amide bonds. The second kappa shape index (κ2) is 10.1. The highest BCUT2D eigenvalue weighted by Gasteiger charge is 2.15. The van der Waals surface area contributed by atoms with Crippen molar-refractivity contribution in [2.45, 2.75) is 38.8 Å². The molecule has 0 saturated heterocycles. The number of amides is 1. The number of pyridine rings is 1. The van der Waals surface area contributed by atoms with Gasteiger partial charge in [0.15, 0.2) is 0 Å². The summed E-state index contributed by atoms with van der Waals surface area (Å²) in [6.45, 7) is 1.64. The van der Waals surface area contributed by atoms with Gasteiger partial charge in [-0.05, 0) is 30.7 Å². The first-order chi connectivity index (χ1) is 14.5. The van der Waals surface area contributed by atoms with Gasteiger partial charge < -0.3 is 15.2 Å². The molecule has 1 heterocycles. The zero-order valence-corrected chi connectivity index (χ0v) is 16.7. The molecular weight excluding hydrogens is 390 g/mol. The number of para-hydroxylation sites is 1. The maximum absolute atomic E-state index is 13.8. The SMILES string of the molecule is CCCC[C@H](CO)NC(=O)c1cnc2c(OCc3c(F)cccc3F)cccc2c1. The van der Waals surface area contributed by atoms with E-state index in [1.807, 2.05) is 6.92 Å². The van der Waals surface area contributed by atoms with Gasteiger partial charge in [0.05, 0.1) is 23.8 Å². The fourth-order valence-electron chi connectivity index (χ4n) is 3.12. The fourth-order valence-corrected chi connectivity index (χ4v) is 3.12. The number of benzene rings is 2. The lowest BCUT2D eigenvalue weighted by Gasteiger charge is -2.16. The number of nitrogens with zero attached hydrogens (tertiary/aromatic N) is 1. The molecule has 0 fully saturated rings. The number of aromatic nitrogens is 1. The predicted molar refractivity (Wildman–Crippen MR) is 110 cm³/mol. The lowest BCUT2D eigenvalue weighted by Crippen LogP contribution is -2.37. The number of aliphatic hydroxyl groups excluding tert-OH is 1. The molecule has 0 bridgehead atoms. The van der Waals surface area contributed by atoms with Crippen LogP contribution in [-0.4, -0.2) is 28.6 Å². The van der Waals surface area contributed by atoms with Crippen LogP contribution in [0.25, 0.3) is 10.9 Å². The van der Waals surface area contributed by atoms with Crippen LogP contribution in [0.2, 0.25) is 0 Å². The number of unbranched alkanes of at least 4 members (excludes halogenated alkanes) is 1. The van der Waals surface area contributed by atoms with E-state index in [9.17, 15) is 18.7 Å². The summed E-state index contributed by atoms with van der Waals surface area (Å²) in [5, 5.41) is 12.9. The first-order valence-corrected chi connectivity index (χ1v) is 9.89. The highest BCUT2D eigenvalue weighted by Crippen LogP contribution is 2.26. The number of hydrogen-bond acceptors (Lipinski definition) is 4. The van der Waals surface area contributed by atoms with Crippen molar-refractivity contribution >= 4 is 16.8 Å². The number of halogens is 2. The molecular formula is C23H24F2N2O3. The van der Waals surface area contributed by atoms with Crippen LogP contribution < -0.4 is 10.1 Å². The van der Waals surface area contributed by atoms with Gasteiger partial charge in [-0.1, -0.05) is 38.0 Å². The van der Waals surface area contributed by atoms with Gasteiger partial charge >= 0.3 is 0 Å². The third-order valence-corrected chi connectivity index (χ3v) is 4.83. The van der Waals surface area contributed by atoms with Gasteiger partial charge in [-0.3, -0.25) is 9.78 Å². The molecule has 2 aromatic carbocycles. The molecule has 0 spiro atoms. The Kier molecular flexibility index (Phi) is 7.30. The van der Waals surface area contributed by atoms with Crippen molar-refractivity contribution in [1.29, 1.82) is 0 Å². The summed E-state index contributed by atoms with van der Waals surface area (Å²) < 4.78 is 33.3. The van der Waals surface area contributed by atoms with Gasteiger partial charge in [0.25, 0.3) is 5.91 Å². The van der Waals surface area contributed by atoms with E-state index >= 15 is 0 Å². The van der Waals surface area contributed by atoms with Crippen LogP contribution >= 0.6 is 0 Å². The Hall–Kier alpha value is -3.06. The van der Waals surface area contributed by atoms with Crippen LogP contribution in [0.15, 0.2) is 48.7 Å².